The van der Waals surface area contributed by atoms with Crippen LogP contribution in [0.4, 0.5) is 0 Å². The van der Waals surface area contributed by atoms with E-state index in [4.69, 9.17) is 9.47 Å². The normalized spacial score (nSPS) is 12.2. The highest BCUT2D eigenvalue weighted by atomic mass is 16.7. The molecule has 0 saturated carbocycles. The van der Waals surface area contributed by atoms with Gasteiger partial charge in [0.2, 0.25) is 6.79 Å². The fraction of sp³-hybridized carbons (Fsp3) is 0.158. The molecule has 0 aliphatic carbocycles. The van der Waals surface area contributed by atoms with E-state index in [1.807, 2.05) is 48.5 Å². The predicted octanol–water partition coefficient (Wildman–Crippen LogP) is 3.08. The van der Waals surface area contributed by atoms with Gasteiger partial charge >= 0.3 is 0 Å². The van der Waals surface area contributed by atoms with Crippen LogP contribution in [0.1, 0.15) is 16.1 Å². The summed E-state index contributed by atoms with van der Waals surface area (Å²) in [6.45, 7) is 0.707. The number of hydrogen-bond acceptors (Lipinski definition) is 4. The van der Waals surface area contributed by atoms with Gasteiger partial charge in [-0.1, -0.05) is 36.4 Å². The van der Waals surface area contributed by atoms with Crippen molar-refractivity contribution in [1.82, 2.24) is 15.1 Å². The van der Waals surface area contributed by atoms with Crippen LogP contribution in [0.2, 0.25) is 0 Å². The lowest BCUT2D eigenvalue weighted by Gasteiger charge is -2.16. The molecular formula is C19H17N3O3. The van der Waals surface area contributed by atoms with E-state index in [1.54, 1.807) is 18.0 Å². The maximum atomic E-state index is 12.6. The van der Waals surface area contributed by atoms with Gasteiger partial charge in [0.25, 0.3) is 5.91 Å². The summed E-state index contributed by atoms with van der Waals surface area (Å²) in [7, 11) is 1.76. The molecule has 2 heterocycles. The number of hydrogen-bond donors (Lipinski definition) is 1. The smallest absolute Gasteiger partial charge is 0.271 e. The first-order valence-electron chi connectivity index (χ1n) is 7.95. The highest BCUT2D eigenvalue weighted by Gasteiger charge is 2.18. The van der Waals surface area contributed by atoms with E-state index in [9.17, 15) is 4.79 Å². The minimum Gasteiger partial charge on any atom is -0.454 e. The topological polar surface area (TPSA) is 67.5 Å². The molecule has 1 N–H and O–H groups in total. The third kappa shape index (κ3) is 3.06. The van der Waals surface area contributed by atoms with E-state index in [1.165, 1.54) is 0 Å². The fourth-order valence-corrected chi connectivity index (χ4v) is 2.78. The standard InChI is InChI=1S/C19H17N3O3/c1-22(11-13-7-8-17-18(9-13)25-12-24-17)19(23)16-10-15(20-21-16)14-5-3-2-4-6-14/h2-10H,11-12H2,1H3,(H,20,21). The minimum atomic E-state index is -0.118. The fourth-order valence-electron chi connectivity index (χ4n) is 2.78. The number of ether oxygens (including phenoxy) is 2. The molecule has 0 unspecified atom stereocenters. The molecule has 1 aliphatic heterocycles. The molecule has 126 valence electrons. The maximum Gasteiger partial charge on any atom is 0.271 e. The Bertz CT molecular complexity index is 905. The Morgan fingerprint density at radius 1 is 1.12 bits per heavy atom. The Kier molecular flexibility index (Phi) is 3.85. The van der Waals surface area contributed by atoms with Gasteiger partial charge in [-0.05, 0) is 23.8 Å². The second-order valence-electron chi connectivity index (χ2n) is 5.88. The molecule has 2 aromatic carbocycles. The molecule has 0 radical (unpaired) electrons. The van der Waals surface area contributed by atoms with Crippen molar-refractivity contribution in [2.45, 2.75) is 6.54 Å². The number of rotatable bonds is 4. The number of nitrogens with one attached hydrogen (secondary N) is 1. The summed E-state index contributed by atoms with van der Waals surface area (Å²) < 4.78 is 10.7. The lowest BCUT2D eigenvalue weighted by Crippen LogP contribution is -2.26. The Morgan fingerprint density at radius 3 is 2.76 bits per heavy atom. The summed E-state index contributed by atoms with van der Waals surface area (Å²) in [4.78, 5) is 14.3. The molecule has 0 fully saturated rings. The molecule has 25 heavy (non-hydrogen) atoms. The first-order chi connectivity index (χ1) is 12.2. The predicted molar refractivity (Wildman–Crippen MR) is 92.4 cm³/mol. The van der Waals surface area contributed by atoms with Crippen molar-refractivity contribution in [2.24, 2.45) is 0 Å². The van der Waals surface area contributed by atoms with Crippen molar-refractivity contribution in [2.75, 3.05) is 13.8 Å². The number of nitrogens with zero attached hydrogens (tertiary/aromatic N) is 2. The molecule has 1 aromatic heterocycles. The van der Waals surface area contributed by atoms with Gasteiger partial charge in [-0.15, -0.1) is 0 Å². The van der Waals surface area contributed by atoms with E-state index in [0.717, 1.165) is 22.6 Å². The van der Waals surface area contributed by atoms with Gasteiger partial charge in [0.1, 0.15) is 5.69 Å². The Balaban J connectivity index is 1.48. The summed E-state index contributed by atoms with van der Waals surface area (Å²) in [5, 5.41) is 7.06. The molecule has 0 saturated heterocycles. The molecule has 0 atom stereocenters. The highest BCUT2D eigenvalue weighted by molar-refractivity contribution is 5.93. The number of H-pyrrole nitrogens is 1. The number of fused-ring (bicyclic) bond motifs is 1. The summed E-state index contributed by atoms with van der Waals surface area (Å²) in [5.74, 6) is 1.33. The SMILES string of the molecule is CN(Cc1ccc2c(c1)OCO2)C(=O)c1cc(-c2ccccc2)n[nH]1. The second kappa shape index (κ2) is 6.32. The van der Waals surface area contributed by atoms with Crippen molar-refractivity contribution >= 4 is 5.91 Å². The number of carbonyl (C=O) groups excluding carboxylic acids is 1. The van der Waals surface area contributed by atoms with Gasteiger partial charge in [-0.3, -0.25) is 9.89 Å². The summed E-state index contributed by atoms with van der Waals surface area (Å²) in [6.07, 6.45) is 0. The van der Waals surface area contributed by atoms with Crippen molar-refractivity contribution in [1.29, 1.82) is 0 Å². The molecule has 6 nitrogen and oxygen atoms in total. The summed E-state index contributed by atoms with van der Waals surface area (Å²) in [6, 6.07) is 17.2. The zero-order valence-electron chi connectivity index (χ0n) is 13.7. The van der Waals surface area contributed by atoms with Crippen LogP contribution in [0.5, 0.6) is 11.5 Å². The van der Waals surface area contributed by atoms with Gasteiger partial charge in [0.15, 0.2) is 11.5 Å². The Morgan fingerprint density at radius 2 is 1.92 bits per heavy atom. The molecule has 0 bridgehead atoms. The highest BCUT2D eigenvalue weighted by Crippen LogP contribution is 2.32. The number of benzene rings is 2. The van der Waals surface area contributed by atoms with Crippen LogP contribution >= 0.6 is 0 Å². The van der Waals surface area contributed by atoms with Crippen LogP contribution in [0.25, 0.3) is 11.3 Å². The first-order valence-corrected chi connectivity index (χ1v) is 7.95. The number of aromatic nitrogens is 2. The molecule has 1 amide bonds. The average Bonchev–Trinajstić information content (AvgIpc) is 3.31. The van der Waals surface area contributed by atoms with Crippen LogP contribution in [-0.4, -0.2) is 34.8 Å². The molecule has 6 heteroatoms. The third-order valence-electron chi connectivity index (χ3n) is 4.08. The van der Waals surface area contributed by atoms with Crippen molar-refractivity contribution in [3.05, 3.63) is 65.9 Å². The lowest BCUT2D eigenvalue weighted by atomic mass is 10.1. The molecule has 3 aromatic rings. The maximum absolute atomic E-state index is 12.6. The number of aromatic amines is 1. The summed E-state index contributed by atoms with van der Waals surface area (Å²) >= 11 is 0. The molecule has 1 aliphatic rings. The van der Waals surface area contributed by atoms with Crippen molar-refractivity contribution in [3.63, 3.8) is 0 Å². The summed E-state index contributed by atoms with van der Waals surface area (Å²) in [5.41, 5.74) is 3.15. The third-order valence-corrected chi connectivity index (χ3v) is 4.08. The molecular weight excluding hydrogens is 318 g/mol. The van der Waals surface area contributed by atoms with Crippen LogP contribution in [0.3, 0.4) is 0 Å². The van der Waals surface area contributed by atoms with E-state index in [0.29, 0.717) is 18.0 Å². The lowest BCUT2D eigenvalue weighted by molar-refractivity contribution is 0.0779. The van der Waals surface area contributed by atoms with E-state index < -0.39 is 0 Å². The zero-order valence-corrected chi connectivity index (χ0v) is 13.7. The van der Waals surface area contributed by atoms with Crippen LogP contribution < -0.4 is 9.47 Å². The van der Waals surface area contributed by atoms with E-state index >= 15 is 0 Å². The van der Waals surface area contributed by atoms with Gasteiger partial charge in [0.05, 0.1) is 5.69 Å². The van der Waals surface area contributed by atoms with E-state index in [2.05, 4.69) is 10.2 Å². The largest absolute Gasteiger partial charge is 0.454 e. The van der Waals surface area contributed by atoms with Crippen molar-refractivity contribution < 1.29 is 14.3 Å². The average molecular weight is 335 g/mol. The van der Waals surface area contributed by atoms with Gasteiger partial charge in [-0.25, -0.2) is 0 Å². The molecule has 0 spiro atoms. The van der Waals surface area contributed by atoms with Crippen LogP contribution in [0, 0.1) is 0 Å². The Labute approximate surface area is 145 Å². The number of carbonyl (C=O) groups is 1. The monoisotopic (exact) mass is 335 g/mol. The zero-order chi connectivity index (χ0) is 17.2. The quantitative estimate of drug-likeness (QED) is 0.796. The first kappa shape index (κ1) is 15.3. The van der Waals surface area contributed by atoms with Crippen molar-refractivity contribution in [3.8, 4) is 22.8 Å². The van der Waals surface area contributed by atoms with Crippen LogP contribution in [-0.2, 0) is 6.54 Å². The Hall–Kier alpha value is -3.28. The van der Waals surface area contributed by atoms with Crippen LogP contribution in [0.15, 0.2) is 54.6 Å². The van der Waals surface area contributed by atoms with E-state index in [-0.39, 0.29) is 12.7 Å². The van der Waals surface area contributed by atoms with Gasteiger partial charge in [0, 0.05) is 19.2 Å². The number of amides is 1. The van der Waals surface area contributed by atoms with Gasteiger partial charge in [-0.2, -0.15) is 5.10 Å². The molecule has 4 rings (SSSR count). The minimum absolute atomic E-state index is 0.118. The van der Waals surface area contributed by atoms with Gasteiger partial charge < -0.3 is 14.4 Å². The second-order valence-corrected chi connectivity index (χ2v) is 5.88.